The van der Waals surface area contributed by atoms with Crippen LogP contribution in [0.2, 0.25) is 0 Å². The Hall–Kier alpha value is -3.46. The van der Waals surface area contributed by atoms with Crippen LogP contribution in [0.15, 0.2) is 60.8 Å². The largest absolute Gasteiger partial charge is 0.480 e. The Bertz CT molecular complexity index is 1110. The number of aliphatic hydroxyl groups excluding tert-OH is 1. The van der Waals surface area contributed by atoms with Gasteiger partial charge < -0.3 is 25.6 Å². The van der Waals surface area contributed by atoms with Gasteiger partial charge in [-0.1, -0.05) is 164 Å². The van der Waals surface area contributed by atoms with Gasteiger partial charge in [0.25, 0.3) is 0 Å². The minimum Gasteiger partial charge on any atom is -0.480 e. The van der Waals surface area contributed by atoms with E-state index in [0.717, 1.165) is 77.0 Å². The van der Waals surface area contributed by atoms with Crippen molar-refractivity contribution in [3.63, 3.8) is 0 Å². The maximum Gasteiger partial charge on any atom is 0.328 e. The maximum absolute atomic E-state index is 12.7. The molecule has 9 nitrogen and oxygen atoms in total. The molecule has 0 rings (SSSR count). The number of carbonyl (C=O) groups excluding carboxylic acids is 3. The highest BCUT2D eigenvalue weighted by Gasteiger charge is 2.19. The summed E-state index contributed by atoms with van der Waals surface area (Å²) < 4.78 is 5.96. The lowest BCUT2D eigenvalue weighted by Crippen LogP contribution is -2.47. The summed E-state index contributed by atoms with van der Waals surface area (Å²) in [6, 6.07) is -1.39. The summed E-state index contributed by atoms with van der Waals surface area (Å²) in [7, 11) is 0. The maximum atomic E-state index is 12.7. The summed E-state index contributed by atoms with van der Waals surface area (Å²) >= 11 is 0. The Morgan fingerprint density at radius 2 is 1.00 bits per heavy atom. The number of carboxylic acid groups (broad SMARTS) is 1. The van der Waals surface area contributed by atoms with E-state index in [1.165, 1.54) is 70.6 Å². The molecule has 0 radical (unpaired) electrons. The van der Waals surface area contributed by atoms with Crippen LogP contribution in [0.1, 0.15) is 181 Å². The third-order valence-electron chi connectivity index (χ3n) is 9.31. The summed E-state index contributed by atoms with van der Waals surface area (Å²) in [5.41, 5.74) is 0. The Morgan fingerprint density at radius 1 is 0.564 bits per heavy atom. The number of carboxylic acids is 1. The van der Waals surface area contributed by atoms with E-state index in [1.54, 1.807) is 0 Å². The number of amides is 2. The smallest absolute Gasteiger partial charge is 0.328 e. The van der Waals surface area contributed by atoms with Crippen LogP contribution in [0.3, 0.4) is 0 Å². The number of carbonyl (C=O) groups is 4. The quantitative estimate of drug-likeness (QED) is 0.0278. The molecule has 314 valence electrons. The Balaban J connectivity index is 4.46. The highest BCUT2D eigenvalue weighted by atomic mass is 16.5. The van der Waals surface area contributed by atoms with Gasteiger partial charge in [-0.2, -0.15) is 0 Å². The second-order valence-corrected chi connectivity index (χ2v) is 14.4. The number of hydrogen-bond acceptors (Lipinski definition) is 6. The molecule has 0 aromatic rings. The molecule has 9 heteroatoms. The molecule has 0 aromatic carbocycles. The minimum absolute atomic E-state index is 0.0677. The number of aliphatic carboxylic acids is 1. The zero-order valence-corrected chi connectivity index (χ0v) is 34.7. The Morgan fingerprint density at radius 3 is 1.45 bits per heavy atom. The van der Waals surface area contributed by atoms with Crippen molar-refractivity contribution in [2.45, 2.75) is 193 Å². The summed E-state index contributed by atoms with van der Waals surface area (Å²) in [4.78, 5) is 47.5. The molecule has 0 aromatic heterocycles. The molecule has 2 unspecified atom stereocenters. The first kappa shape index (κ1) is 51.5. The molecule has 0 aliphatic carbocycles. The van der Waals surface area contributed by atoms with Gasteiger partial charge in [0.2, 0.25) is 11.8 Å². The van der Waals surface area contributed by atoms with Crippen LogP contribution in [-0.2, 0) is 23.9 Å². The Labute approximate surface area is 334 Å². The fourth-order valence-corrected chi connectivity index (χ4v) is 6.03. The van der Waals surface area contributed by atoms with Crippen LogP contribution < -0.4 is 10.6 Å². The van der Waals surface area contributed by atoms with Gasteiger partial charge in [-0.3, -0.25) is 14.4 Å². The van der Waals surface area contributed by atoms with Crippen LogP contribution in [0.5, 0.6) is 0 Å². The Kier molecular flexibility index (Phi) is 37.7. The van der Waals surface area contributed by atoms with Crippen molar-refractivity contribution < 1.29 is 34.1 Å². The first-order valence-corrected chi connectivity index (χ1v) is 21.7. The molecule has 55 heavy (non-hydrogen) atoms. The standard InChI is InChI=1S/C46H78N2O7/c1-3-5-7-9-11-13-15-17-18-19-21-23-25-30-34-38-45(52)55-41(35-31-27-24-22-20-16-14-12-10-8-6-4-2)36-32-28-26-29-33-37-43(50)47-39-44(51)48-42(40-49)46(53)54/h5,7,11,13,17-18,21,23,30,34,41-42,49H,3-4,6,8-10,12,14-16,19-20,22,24-29,31-33,35-40H2,1-2H3,(H,47,50)(H,48,51)(H,53,54)/b7-5-,13-11-,18-17-,23-21-,34-30-. The van der Waals surface area contributed by atoms with Crippen molar-refractivity contribution in [1.29, 1.82) is 0 Å². The lowest BCUT2D eigenvalue weighted by atomic mass is 10.0. The predicted molar refractivity (Wildman–Crippen MR) is 227 cm³/mol. The SMILES string of the molecule is CC/C=C\C/C=C\C/C=C\C/C=C\C/C=C\CC(=O)OC(CCCCCCCCCCCCCC)CCCCCCCC(=O)NCC(=O)NC(CO)C(=O)O. The second kappa shape index (κ2) is 40.2. The average Bonchev–Trinajstić information content (AvgIpc) is 3.17. The number of rotatable bonds is 38. The monoisotopic (exact) mass is 771 g/mol. The van der Waals surface area contributed by atoms with Gasteiger partial charge in [-0.25, -0.2) is 4.79 Å². The molecule has 4 N–H and O–H groups in total. The van der Waals surface area contributed by atoms with Gasteiger partial charge in [0.15, 0.2) is 0 Å². The predicted octanol–water partition coefficient (Wildman–Crippen LogP) is 10.5. The topological polar surface area (TPSA) is 142 Å². The van der Waals surface area contributed by atoms with E-state index in [9.17, 15) is 19.2 Å². The molecule has 0 bridgehead atoms. The zero-order valence-electron chi connectivity index (χ0n) is 34.7. The number of nitrogens with one attached hydrogen (secondary N) is 2. The van der Waals surface area contributed by atoms with Gasteiger partial charge in [-0.05, 0) is 64.2 Å². The number of aliphatic hydroxyl groups is 1. The van der Waals surface area contributed by atoms with Gasteiger partial charge in [0, 0.05) is 6.42 Å². The van der Waals surface area contributed by atoms with Crippen LogP contribution in [0, 0.1) is 0 Å². The van der Waals surface area contributed by atoms with Crippen LogP contribution in [0.4, 0.5) is 0 Å². The first-order chi connectivity index (χ1) is 26.8. The van der Waals surface area contributed by atoms with Gasteiger partial charge in [0.1, 0.15) is 12.1 Å². The zero-order chi connectivity index (χ0) is 40.5. The molecule has 0 aliphatic heterocycles. The third-order valence-corrected chi connectivity index (χ3v) is 9.31. The molecular formula is C46H78N2O7. The number of allylic oxidation sites excluding steroid dienone is 9. The fraction of sp³-hybridized carbons (Fsp3) is 0.696. The van der Waals surface area contributed by atoms with E-state index in [-0.39, 0.29) is 37.4 Å². The normalized spacial score (nSPS) is 13.1. The molecule has 0 heterocycles. The lowest BCUT2D eigenvalue weighted by molar-refractivity contribution is -0.148. The summed E-state index contributed by atoms with van der Waals surface area (Å²) in [5.74, 6) is -2.43. The summed E-state index contributed by atoms with van der Waals surface area (Å²) in [5, 5.41) is 22.5. The van der Waals surface area contributed by atoms with Crippen molar-refractivity contribution in [1.82, 2.24) is 10.6 Å². The van der Waals surface area contributed by atoms with Crippen molar-refractivity contribution in [2.24, 2.45) is 0 Å². The van der Waals surface area contributed by atoms with Crippen molar-refractivity contribution in [3.05, 3.63) is 60.8 Å². The van der Waals surface area contributed by atoms with Crippen LogP contribution in [0.25, 0.3) is 0 Å². The third kappa shape index (κ3) is 37.2. The van der Waals surface area contributed by atoms with Gasteiger partial charge in [0.05, 0.1) is 19.6 Å². The highest BCUT2D eigenvalue weighted by Crippen LogP contribution is 2.18. The molecular weight excluding hydrogens is 693 g/mol. The van der Waals surface area contributed by atoms with E-state index in [1.807, 2.05) is 12.2 Å². The number of hydrogen-bond donors (Lipinski definition) is 4. The lowest BCUT2D eigenvalue weighted by Gasteiger charge is -2.18. The van der Waals surface area contributed by atoms with Crippen LogP contribution in [-0.4, -0.2) is 59.3 Å². The highest BCUT2D eigenvalue weighted by molar-refractivity contribution is 5.87. The van der Waals surface area contributed by atoms with E-state index in [0.29, 0.717) is 6.42 Å². The molecule has 0 saturated heterocycles. The van der Waals surface area contributed by atoms with Crippen LogP contribution >= 0.6 is 0 Å². The van der Waals surface area contributed by atoms with Crippen molar-refractivity contribution >= 4 is 23.8 Å². The number of unbranched alkanes of at least 4 members (excludes halogenated alkanes) is 15. The molecule has 2 atom stereocenters. The van der Waals surface area contributed by atoms with E-state index in [4.69, 9.17) is 14.9 Å². The van der Waals surface area contributed by atoms with Crippen molar-refractivity contribution in [3.8, 4) is 0 Å². The van der Waals surface area contributed by atoms with E-state index < -0.39 is 24.5 Å². The summed E-state index contributed by atoms with van der Waals surface area (Å²) in [6.07, 6.45) is 48.3. The van der Waals surface area contributed by atoms with Crippen molar-refractivity contribution in [2.75, 3.05) is 13.2 Å². The average molecular weight is 771 g/mol. The van der Waals surface area contributed by atoms with Gasteiger partial charge in [-0.15, -0.1) is 0 Å². The fourth-order valence-electron chi connectivity index (χ4n) is 6.03. The van der Waals surface area contributed by atoms with Gasteiger partial charge >= 0.3 is 11.9 Å². The molecule has 2 amide bonds. The van der Waals surface area contributed by atoms with E-state index >= 15 is 0 Å². The molecule has 0 saturated carbocycles. The molecule has 0 spiro atoms. The second-order valence-electron chi connectivity index (χ2n) is 14.4. The molecule has 0 aliphatic rings. The molecule has 0 fully saturated rings. The summed E-state index contributed by atoms with van der Waals surface area (Å²) in [6.45, 7) is 3.35. The number of esters is 1. The minimum atomic E-state index is -1.39. The number of ether oxygens (including phenoxy) is 1. The van der Waals surface area contributed by atoms with E-state index in [2.05, 4.69) is 73.1 Å². The first-order valence-electron chi connectivity index (χ1n) is 21.7.